The molecular formula is C16H16F4N2O4. The van der Waals surface area contributed by atoms with Crippen LogP contribution in [0.5, 0.6) is 0 Å². The molecule has 1 atom stereocenters. The summed E-state index contributed by atoms with van der Waals surface area (Å²) in [6, 6.07) is 1.54. The van der Waals surface area contributed by atoms with Crippen molar-refractivity contribution in [2.24, 2.45) is 0 Å². The average molecular weight is 376 g/mol. The molecule has 0 fully saturated rings. The van der Waals surface area contributed by atoms with Gasteiger partial charge in [-0.3, -0.25) is 4.79 Å². The van der Waals surface area contributed by atoms with Crippen molar-refractivity contribution in [3.63, 3.8) is 0 Å². The number of hydrogen-bond acceptors (Lipinski definition) is 5. The van der Waals surface area contributed by atoms with Gasteiger partial charge in [-0.25, -0.2) is 4.39 Å². The van der Waals surface area contributed by atoms with Crippen LogP contribution >= 0.6 is 0 Å². The summed E-state index contributed by atoms with van der Waals surface area (Å²) in [5.74, 6) is -2.48. The van der Waals surface area contributed by atoms with E-state index in [0.29, 0.717) is 18.6 Å². The Hall–Kier alpha value is -2.46. The van der Waals surface area contributed by atoms with Crippen molar-refractivity contribution in [1.82, 2.24) is 10.5 Å². The fourth-order valence-corrected chi connectivity index (χ4v) is 2.28. The number of carbonyl (C=O) groups excluding carboxylic acids is 1. The molecule has 1 heterocycles. The summed E-state index contributed by atoms with van der Waals surface area (Å²) in [5.41, 5.74) is -1.96. The Balaban J connectivity index is 2.39. The minimum atomic E-state index is -4.85. The summed E-state index contributed by atoms with van der Waals surface area (Å²) in [6.07, 6.45) is -4.42. The number of carbonyl (C=O) groups is 1. The van der Waals surface area contributed by atoms with Gasteiger partial charge in [0.05, 0.1) is 30.4 Å². The molecule has 1 amide bonds. The third kappa shape index (κ3) is 4.02. The molecule has 0 saturated heterocycles. The van der Waals surface area contributed by atoms with Crippen molar-refractivity contribution in [2.45, 2.75) is 32.2 Å². The summed E-state index contributed by atoms with van der Waals surface area (Å²) in [5, 5.41) is 24.6. The second kappa shape index (κ2) is 7.83. The second-order valence-corrected chi connectivity index (χ2v) is 5.45. The lowest BCUT2D eigenvalue weighted by Crippen LogP contribution is -2.37. The van der Waals surface area contributed by atoms with Crippen molar-refractivity contribution in [1.29, 1.82) is 0 Å². The van der Waals surface area contributed by atoms with E-state index in [-0.39, 0.29) is 29.2 Å². The lowest BCUT2D eigenvalue weighted by molar-refractivity contribution is -0.139. The van der Waals surface area contributed by atoms with E-state index < -0.39 is 36.1 Å². The van der Waals surface area contributed by atoms with Gasteiger partial charge in [-0.15, -0.1) is 0 Å². The van der Waals surface area contributed by atoms with E-state index in [1.165, 1.54) is 0 Å². The van der Waals surface area contributed by atoms with Crippen LogP contribution in [-0.4, -0.2) is 33.9 Å². The van der Waals surface area contributed by atoms with Crippen molar-refractivity contribution in [2.75, 3.05) is 6.61 Å². The third-order valence-corrected chi connectivity index (χ3v) is 3.75. The molecule has 142 valence electrons. The number of halogens is 4. The monoisotopic (exact) mass is 376 g/mol. The van der Waals surface area contributed by atoms with Crippen LogP contribution in [-0.2, 0) is 12.8 Å². The van der Waals surface area contributed by atoms with E-state index in [1.54, 1.807) is 6.92 Å². The lowest BCUT2D eigenvalue weighted by Gasteiger charge is -2.13. The number of aromatic nitrogens is 1. The molecule has 0 saturated carbocycles. The highest BCUT2D eigenvalue weighted by Gasteiger charge is 2.34. The van der Waals surface area contributed by atoms with E-state index in [2.05, 4.69) is 10.5 Å². The number of amides is 1. The van der Waals surface area contributed by atoms with Gasteiger partial charge in [0, 0.05) is 5.56 Å². The van der Waals surface area contributed by atoms with Crippen LogP contribution in [0.25, 0.3) is 11.3 Å². The zero-order valence-electron chi connectivity index (χ0n) is 13.6. The van der Waals surface area contributed by atoms with Crippen LogP contribution in [0.3, 0.4) is 0 Å². The molecular weight excluding hydrogens is 360 g/mol. The predicted molar refractivity (Wildman–Crippen MR) is 81.5 cm³/mol. The minimum absolute atomic E-state index is 0.102. The molecule has 0 radical (unpaired) electrons. The van der Waals surface area contributed by atoms with Gasteiger partial charge in [-0.05, 0) is 18.6 Å². The summed E-state index contributed by atoms with van der Waals surface area (Å²) in [6.45, 7) is 0.707. The Morgan fingerprint density at radius 2 is 2.04 bits per heavy atom. The Bertz CT molecular complexity index is 785. The number of rotatable bonds is 6. The predicted octanol–water partition coefficient (Wildman–Crippen LogP) is 2.49. The third-order valence-electron chi connectivity index (χ3n) is 3.75. The molecule has 0 aliphatic carbocycles. The van der Waals surface area contributed by atoms with Gasteiger partial charge >= 0.3 is 6.18 Å². The zero-order valence-corrected chi connectivity index (χ0v) is 13.6. The fraction of sp³-hybridized carbons (Fsp3) is 0.375. The first-order chi connectivity index (χ1) is 12.2. The largest absolute Gasteiger partial charge is 0.419 e. The highest BCUT2D eigenvalue weighted by Crippen LogP contribution is 2.34. The Morgan fingerprint density at radius 3 is 2.54 bits per heavy atom. The first kappa shape index (κ1) is 19.9. The van der Waals surface area contributed by atoms with Gasteiger partial charge in [0.1, 0.15) is 5.82 Å². The highest BCUT2D eigenvalue weighted by molar-refractivity contribution is 5.95. The van der Waals surface area contributed by atoms with Gasteiger partial charge in [-0.1, -0.05) is 18.1 Å². The molecule has 2 rings (SSSR count). The molecule has 2 aromatic rings. The van der Waals surface area contributed by atoms with E-state index in [0.717, 1.165) is 6.07 Å². The van der Waals surface area contributed by atoms with E-state index in [1.807, 2.05) is 0 Å². The smallest absolute Gasteiger partial charge is 0.394 e. The topological polar surface area (TPSA) is 95.6 Å². The molecule has 0 spiro atoms. The minimum Gasteiger partial charge on any atom is -0.394 e. The Kier molecular flexibility index (Phi) is 5.98. The molecule has 6 nitrogen and oxygen atoms in total. The standard InChI is InChI=1S/C16H16F4N2O4/c1-2-9(6-23)21-15(25)13-10(7-24)14(26-22-13)8-3-4-11(12(17)5-8)16(18,19)20/h3-5,9,23-24H,2,6-7H2,1H3,(H,21,25). The summed E-state index contributed by atoms with van der Waals surface area (Å²) < 4.78 is 56.6. The maximum absolute atomic E-state index is 13.7. The van der Waals surface area contributed by atoms with E-state index >= 15 is 0 Å². The van der Waals surface area contributed by atoms with Crippen LogP contribution in [0.15, 0.2) is 22.7 Å². The molecule has 3 N–H and O–H groups in total. The van der Waals surface area contributed by atoms with Crippen molar-refractivity contribution in [3.8, 4) is 11.3 Å². The SMILES string of the molecule is CCC(CO)NC(=O)c1noc(-c2ccc(C(F)(F)F)c(F)c2)c1CO. The zero-order chi connectivity index (χ0) is 19.5. The van der Waals surface area contributed by atoms with Crippen LogP contribution in [0.1, 0.15) is 35.0 Å². The number of aliphatic hydroxyl groups excluding tert-OH is 2. The number of nitrogens with one attached hydrogen (secondary N) is 1. The van der Waals surface area contributed by atoms with Crippen LogP contribution in [0.4, 0.5) is 17.6 Å². The van der Waals surface area contributed by atoms with Crippen molar-refractivity contribution >= 4 is 5.91 Å². The molecule has 0 aliphatic heterocycles. The average Bonchev–Trinajstić information content (AvgIpc) is 3.02. The molecule has 10 heteroatoms. The summed E-state index contributed by atoms with van der Waals surface area (Å²) in [4.78, 5) is 12.2. The number of aliphatic hydroxyl groups is 2. The summed E-state index contributed by atoms with van der Waals surface area (Å²) >= 11 is 0. The first-order valence-corrected chi connectivity index (χ1v) is 7.61. The normalized spacial score (nSPS) is 12.9. The Labute approximate surface area is 145 Å². The number of benzene rings is 1. The van der Waals surface area contributed by atoms with Crippen LogP contribution < -0.4 is 5.32 Å². The second-order valence-electron chi connectivity index (χ2n) is 5.45. The highest BCUT2D eigenvalue weighted by atomic mass is 19.4. The maximum atomic E-state index is 13.7. The molecule has 26 heavy (non-hydrogen) atoms. The van der Waals surface area contributed by atoms with Gasteiger partial charge in [0.25, 0.3) is 5.91 Å². The van der Waals surface area contributed by atoms with E-state index in [4.69, 9.17) is 9.63 Å². The molecule has 1 aromatic heterocycles. The van der Waals surface area contributed by atoms with Gasteiger partial charge < -0.3 is 20.1 Å². The van der Waals surface area contributed by atoms with E-state index in [9.17, 15) is 27.5 Å². The van der Waals surface area contributed by atoms with Gasteiger partial charge in [0.15, 0.2) is 11.5 Å². The molecule has 0 aliphatic rings. The Morgan fingerprint density at radius 1 is 1.35 bits per heavy atom. The van der Waals surface area contributed by atoms with Gasteiger partial charge in [0.2, 0.25) is 0 Å². The molecule has 1 aromatic carbocycles. The number of alkyl halides is 3. The first-order valence-electron chi connectivity index (χ1n) is 7.61. The van der Waals surface area contributed by atoms with Crippen molar-refractivity contribution in [3.05, 3.63) is 40.8 Å². The quantitative estimate of drug-likeness (QED) is 0.674. The van der Waals surface area contributed by atoms with Crippen molar-refractivity contribution < 1.29 is 37.1 Å². The lowest BCUT2D eigenvalue weighted by atomic mass is 10.0. The molecule has 1 unspecified atom stereocenters. The van der Waals surface area contributed by atoms with Crippen LogP contribution in [0, 0.1) is 5.82 Å². The van der Waals surface area contributed by atoms with Gasteiger partial charge in [-0.2, -0.15) is 13.2 Å². The number of hydrogen-bond donors (Lipinski definition) is 3. The van der Waals surface area contributed by atoms with Crippen LogP contribution in [0.2, 0.25) is 0 Å². The molecule has 0 bridgehead atoms. The fourth-order valence-electron chi connectivity index (χ4n) is 2.28. The summed E-state index contributed by atoms with van der Waals surface area (Å²) in [7, 11) is 0. The number of nitrogens with zero attached hydrogens (tertiary/aromatic N) is 1. The maximum Gasteiger partial charge on any atom is 0.419 e.